The predicted molar refractivity (Wildman–Crippen MR) is 102 cm³/mol. The fourth-order valence-corrected chi connectivity index (χ4v) is 5.86. The number of nitrogens with zero attached hydrogens (tertiary/aromatic N) is 3. The van der Waals surface area contributed by atoms with Crippen molar-refractivity contribution in [3.8, 4) is 11.5 Å². The molecule has 6 heterocycles. The molecule has 4 saturated heterocycles. The van der Waals surface area contributed by atoms with Crippen LogP contribution in [0.5, 0.6) is 11.5 Å². The normalized spacial score (nSPS) is 34.0. The molecule has 0 aliphatic carbocycles. The molecular formula is C22H25N3O2. The minimum atomic E-state index is 0.343. The van der Waals surface area contributed by atoms with Gasteiger partial charge in [-0.3, -0.25) is 14.8 Å². The van der Waals surface area contributed by atoms with Gasteiger partial charge in [-0.15, -0.1) is 0 Å². The lowest BCUT2D eigenvalue weighted by Crippen LogP contribution is -2.60. The Kier molecular flexibility index (Phi) is 3.66. The summed E-state index contributed by atoms with van der Waals surface area (Å²) in [6.07, 6.45) is 4.59. The first-order chi connectivity index (χ1) is 13.4. The summed E-state index contributed by atoms with van der Waals surface area (Å²) in [4.78, 5) is 10.1. The van der Waals surface area contributed by atoms with E-state index in [1.165, 1.54) is 37.2 Å². The van der Waals surface area contributed by atoms with E-state index in [4.69, 9.17) is 9.47 Å². The lowest BCUT2D eigenvalue weighted by Gasteiger charge is -2.51. The predicted octanol–water partition coefficient (Wildman–Crippen LogP) is 2.87. The van der Waals surface area contributed by atoms with Crippen molar-refractivity contribution in [3.05, 3.63) is 53.9 Å². The Morgan fingerprint density at radius 3 is 2.74 bits per heavy atom. The molecular weight excluding hydrogens is 338 g/mol. The van der Waals surface area contributed by atoms with Gasteiger partial charge in [0, 0.05) is 37.3 Å². The Morgan fingerprint density at radius 2 is 1.89 bits per heavy atom. The summed E-state index contributed by atoms with van der Waals surface area (Å²) in [5.74, 6) is 3.13. The Bertz CT molecular complexity index is 835. The highest BCUT2D eigenvalue weighted by Gasteiger charge is 2.53. The van der Waals surface area contributed by atoms with Crippen molar-refractivity contribution in [1.82, 2.24) is 14.8 Å². The molecule has 5 nitrogen and oxygen atoms in total. The third kappa shape index (κ3) is 2.56. The van der Waals surface area contributed by atoms with Gasteiger partial charge < -0.3 is 9.47 Å². The van der Waals surface area contributed by atoms with Crippen molar-refractivity contribution >= 4 is 0 Å². The van der Waals surface area contributed by atoms with Gasteiger partial charge in [0.15, 0.2) is 11.5 Å². The second-order valence-electron chi connectivity index (χ2n) is 8.32. The van der Waals surface area contributed by atoms with Crippen LogP contribution in [0.25, 0.3) is 0 Å². The first-order valence-corrected chi connectivity index (χ1v) is 10.1. The summed E-state index contributed by atoms with van der Waals surface area (Å²) in [6.45, 7) is 4.90. The number of aromatic nitrogens is 1. The van der Waals surface area contributed by atoms with Crippen molar-refractivity contribution in [2.75, 3.05) is 26.4 Å². The van der Waals surface area contributed by atoms with E-state index in [2.05, 4.69) is 45.1 Å². The van der Waals surface area contributed by atoms with Crippen LogP contribution in [-0.4, -0.2) is 53.3 Å². The molecule has 0 unspecified atom stereocenters. The summed E-state index contributed by atoms with van der Waals surface area (Å²) >= 11 is 0. The summed E-state index contributed by atoms with van der Waals surface area (Å²) in [7, 11) is 0. The maximum absolute atomic E-state index is 5.66. The second-order valence-corrected chi connectivity index (χ2v) is 8.32. The molecule has 2 bridgehead atoms. The number of fused-ring (bicyclic) bond motifs is 3. The molecule has 4 fully saturated rings. The Balaban J connectivity index is 1.35. The zero-order chi connectivity index (χ0) is 17.8. The molecule has 5 heteroatoms. The molecule has 0 amide bonds. The Hall–Kier alpha value is -2.11. The van der Waals surface area contributed by atoms with Crippen LogP contribution >= 0.6 is 0 Å². The van der Waals surface area contributed by atoms with Gasteiger partial charge in [-0.1, -0.05) is 12.1 Å². The smallest absolute Gasteiger partial charge is 0.231 e. The van der Waals surface area contributed by atoms with Crippen LogP contribution in [0.3, 0.4) is 0 Å². The SMILES string of the molecule is c1ccc(CN2C[C@H](c3ccc4c(c3)OCO4)[C@@H]3[C@H]2C2CCN3CC2)nc1. The van der Waals surface area contributed by atoms with Gasteiger partial charge in [0.25, 0.3) is 0 Å². The van der Waals surface area contributed by atoms with E-state index in [-0.39, 0.29) is 0 Å². The third-order valence-electron chi connectivity index (χ3n) is 7.01. The first-order valence-electron chi connectivity index (χ1n) is 10.1. The fourth-order valence-electron chi connectivity index (χ4n) is 5.86. The molecule has 1 aromatic carbocycles. The molecule has 5 aliphatic rings. The van der Waals surface area contributed by atoms with Crippen LogP contribution in [0.2, 0.25) is 0 Å². The monoisotopic (exact) mass is 363 g/mol. The second kappa shape index (κ2) is 6.21. The van der Waals surface area contributed by atoms with Gasteiger partial charge in [0.2, 0.25) is 6.79 Å². The largest absolute Gasteiger partial charge is 0.454 e. The average Bonchev–Trinajstić information content (AvgIpc) is 3.35. The molecule has 7 rings (SSSR count). The van der Waals surface area contributed by atoms with E-state index in [1.807, 2.05) is 12.3 Å². The quantitative estimate of drug-likeness (QED) is 0.838. The van der Waals surface area contributed by atoms with E-state index < -0.39 is 0 Å². The number of hydrogen-bond acceptors (Lipinski definition) is 5. The average molecular weight is 363 g/mol. The summed E-state index contributed by atoms with van der Waals surface area (Å²) in [5, 5.41) is 0. The van der Waals surface area contributed by atoms with Crippen molar-refractivity contribution < 1.29 is 9.47 Å². The molecule has 5 aliphatic heterocycles. The molecule has 0 saturated carbocycles. The van der Waals surface area contributed by atoms with Crippen LogP contribution in [0.1, 0.15) is 30.0 Å². The highest BCUT2D eigenvalue weighted by Crippen LogP contribution is 2.48. The van der Waals surface area contributed by atoms with Crippen LogP contribution in [0.15, 0.2) is 42.6 Å². The topological polar surface area (TPSA) is 37.8 Å². The molecule has 1 aromatic heterocycles. The lowest BCUT2D eigenvalue weighted by atomic mass is 9.75. The fraction of sp³-hybridized carbons (Fsp3) is 0.500. The maximum Gasteiger partial charge on any atom is 0.231 e. The highest BCUT2D eigenvalue weighted by molar-refractivity contribution is 5.46. The molecule has 0 spiro atoms. The van der Waals surface area contributed by atoms with Crippen molar-refractivity contribution in [2.45, 2.75) is 37.4 Å². The van der Waals surface area contributed by atoms with E-state index in [1.54, 1.807) is 0 Å². The van der Waals surface area contributed by atoms with Gasteiger partial charge in [0.1, 0.15) is 0 Å². The van der Waals surface area contributed by atoms with E-state index in [0.717, 1.165) is 30.5 Å². The minimum absolute atomic E-state index is 0.343. The highest BCUT2D eigenvalue weighted by atomic mass is 16.7. The van der Waals surface area contributed by atoms with Crippen LogP contribution < -0.4 is 9.47 Å². The number of likely N-dealkylation sites (tertiary alicyclic amines) is 1. The number of pyridine rings is 1. The first kappa shape index (κ1) is 15.9. The summed E-state index contributed by atoms with van der Waals surface area (Å²) < 4.78 is 11.2. The molecule has 0 N–H and O–H groups in total. The van der Waals surface area contributed by atoms with Crippen LogP contribution in [0, 0.1) is 5.92 Å². The van der Waals surface area contributed by atoms with Crippen molar-refractivity contribution in [1.29, 1.82) is 0 Å². The molecule has 140 valence electrons. The summed E-state index contributed by atoms with van der Waals surface area (Å²) in [6, 6.07) is 14.1. The Labute approximate surface area is 159 Å². The van der Waals surface area contributed by atoms with Crippen LogP contribution in [0.4, 0.5) is 0 Å². The number of hydrogen-bond donors (Lipinski definition) is 0. The van der Waals surface area contributed by atoms with Gasteiger partial charge in [-0.25, -0.2) is 0 Å². The zero-order valence-electron chi connectivity index (χ0n) is 15.5. The van der Waals surface area contributed by atoms with Crippen LogP contribution in [-0.2, 0) is 6.54 Å². The van der Waals surface area contributed by atoms with Crippen molar-refractivity contribution in [2.24, 2.45) is 5.92 Å². The number of ether oxygens (including phenoxy) is 2. The van der Waals surface area contributed by atoms with Gasteiger partial charge in [-0.2, -0.15) is 0 Å². The number of benzene rings is 1. The maximum atomic E-state index is 5.66. The van der Waals surface area contributed by atoms with Crippen molar-refractivity contribution in [3.63, 3.8) is 0 Å². The van der Waals surface area contributed by atoms with Gasteiger partial charge >= 0.3 is 0 Å². The molecule has 2 aromatic rings. The van der Waals surface area contributed by atoms with E-state index in [0.29, 0.717) is 24.8 Å². The van der Waals surface area contributed by atoms with Gasteiger partial charge in [-0.05, 0) is 61.7 Å². The Morgan fingerprint density at radius 1 is 1.00 bits per heavy atom. The number of piperidine rings is 3. The summed E-state index contributed by atoms with van der Waals surface area (Å²) in [5.41, 5.74) is 2.57. The lowest BCUT2D eigenvalue weighted by molar-refractivity contribution is -0.00898. The molecule has 0 radical (unpaired) electrons. The third-order valence-corrected chi connectivity index (χ3v) is 7.01. The van der Waals surface area contributed by atoms with Gasteiger partial charge in [0.05, 0.1) is 5.69 Å². The molecule has 3 atom stereocenters. The standard InChI is InChI=1S/C22H25N3O2/c1-2-8-23-17(3-1)12-25-13-18(16-4-5-19-20(11-16)27-14-26-19)22-21(25)15-6-9-24(22)10-7-15/h1-5,8,11,15,18,21-22H,6-7,9-10,12-14H2/t18-,21-,22-/m1/s1. The number of rotatable bonds is 3. The molecule has 27 heavy (non-hydrogen) atoms. The van der Waals surface area contributed by atoms with E-state index in [9.17, 15) is 0 Å². The minimum Gasteiger partial charge on any atom is -0.454 e. The zero-order valence-corrected chi connectivity index (χ0v) is 15.5. The van der Waals surface area contributed by atoms with E-state index >= 15 is 0 Å².